The van der Waals surface area contributed by atoms with E-state index in [1.807, 2.05) is 12.1 Å². The van der Waals surface area contributed by atoms with Gasteiger partial charge in [0.1, 0.15) is 6.61 Å². The summed E-state index contributed by atoms with van der Waals surface area (Å²) in [5.41, 5.74) is 4.91. The molecule has 6 nitrogen and oxygen atoms in total. The van der Waals surface area contributed by atoms with Gasteiger partial charge in [-0.2, -0.15) is 0 Å². The van der Waals surface area contributed by atoms with Gasteiger partial charge in [-0.05, 0) is 42.2 Å². The number of nitrogens with one attached hydrogen (secondary N) is 2. The zero-order valence-electron chi connectivity index (χ0n) is 13.8. The molecule has 1 atom stereocenters. The molecule has 0 bridgehead atoms. The minimum absolute atomic E-state index is 0.117. The third-order valence-electron chi connectivity index (χ3n) is 4.39. The molecule has 2 aromatic carbocycles. The molecule has 2 N–H and O–H groups in total. The Balaban J connectivity index is 1.54. The van der Waals surface area contributed by atoms with Crippen molar-refractivity contribution in [1.82, 2.24) is 0 Å². The van der Waals surface area contributed by atoms with E-state index in [1.165, 1.54) is 11.1 Å². The number of benzene rings is 2. The van der Waals surface area contributed by atoms with Crippen LogP contribution in [0.3, 0.4) is 0 Å². The van der Waals surface area contributed by atoms with Gasteiger partial charge in [0.25, 0.3) is 6.02 Å². The Kier molecular flexibility index (Phi) is 3.88. The second-order valence-corrected chi connectivity index (χ2v) is 8.10. The average molecular weight is 357 g/mol. The molecule has 0 spiro atoms. The van der Waals surface area contributed by atoms with Crippen molar-refractivity contribution in [3.8, 4) is 0 Å². The van der Waals surface area contributed by atoms with Crippen LogP contribution in [-0.2, 0) is 27.8 Å². The van der Waals surface area contributed by atoms with E-state index in [2.05, 4.69) is 28.2 Å². The molecule has 1 aliphatic carbocycles. The van der Waals surface area contributed by atoms with Gasteiger partial charge in [0.05, 0.1) is 12.3 Å². The van der Waals surface area contributed by atoms with E-state index >= 15 is 0 Å². The lowest BCUT2D eigenvalue weighted by Gasteiger charge is -2.22. The van der Waals surface area contributed by atoms with E-state index in [-0.39, 0.29) is 6.04 Å². The van der Waals surface area contributed by atoms with E-state index in [9.17, 15) is 8.42 Å². The van der Waals surface area contributed by atoms with Gasteiger partial charge < -0.3 is 10.1 Å². The molecular weight excluding hydrogens is 338 g/mol. The highest BCUT2D eigenvalue weighted by atomic mass is 32.2. The molecule has 25 heavy (non-hydrogen) atoms. The molecule has 0 amide bonds. The zero-order valence-corrected chi connectivity index (χ0v) is 14.6. The Bertz CT molecular complexity index is 954. The van der Waals surface area contributed by atoms with E-state index < -0.39 is 10.0 Å². The molecule has 7 heteroatoms. The predicted molar refractivity (Wildman–Crippen MR) is 98.3 cm³/mol. The van der Waals surface area contributed by atoms with Crippen LogP contribution in [0.2, 0.25) is 0 Å². The summed E-state index contributed by atoms with van der Waals surface area (Å²) in [7, 11) is -3.29. The van der Waals surface area contributed by atoms with Crippen LogP contribution in [-0.4, -0.2) is 20.7 Å². The number of anilines is 2. The number of nitrogens with zero attached hydrogens (tertiary/aromatic N) is 1. The lowest BCUT2D eigenvalue weighted by atomic mass is 10.1. The first-order chi connectivity index (χ1) is 12.0. The van der Waals surface area contributed by atoms with Crippen LogP contribution in [0.1, 0.15) is 29.2 Å². The molecule has 130 valence electrons. The second-order valence-electron chi connectivity index (χ2n) is 6.35. The number of hydrogen-bond acceptors (Lipinski definition) is 4. The number of hydrogen-bond donors (Lipinski definition) is 2. The summed E-state index contributed by atoms with van der Waals surface area (Å²) >= 11 is 0. The van der Waals surface area contributed by atoms with Gasteiger partial charge in [-0.25, -0.2) is 13.4 Å². The van der Waals surface area contributed by atoms with Gasteiger partial charge in [-0.15, -0.1) is 0 Å². The van der Waals surface area contributed by atoms with Gasteiger partial charge in [0.15, 0.2) is 0 Å². The normalized spacial score (nSPS) is 20.4. The molecular formula is C18H19N3O3S. The maximum atomic E-state index is 11.3. The van der Waals surface area contributed by atoms with E-state index in [1.54, 1.807) is 12.1 Å². The van der Waals surface area contributed by atoms with Crippen molar-refractivity contribution in [3.63, 3.8) is 0 Å². The van der Waals surface area contributed by atoms with Crippen molar-refractivity contribution in [1.29, 1.82) is 0 Å². The number of amidine groups is 1. The van der Waals surface area contributed by atoms with Crippen molar-refractivity contribution in [2.75, 3.05) is 16.3 Å². The Hall–Kier alpha value is -2.54. The van der Waals surface area contributed by atoms with Gasteiger partial charge >= 0.3 is 0 Å². The Morgan fingerprint density at radius 3 is 2.88 bits per heavy atom. The highest BCUT2D eigenvalue weighted by Crippen LogP contribution is 2.34. The molecule has 0 saturated heterocycles. The first-order valence-electron chi connectivity index (χ1n) is 8.14. The van der Waals surface area contributed by atoms with E-state index in [0.29, 0.717) is 18.3 Å². The summed E-state index contributed by atoms with van der Waals surface area (Å²) in [5, 5.41) is 3.20. The topological polar surface area (TPSA) is 79.8 Å². The quantitative estimate of drug-likeness (QED) is 0.885. The summed E-state index contributed by atoms with van der Waals surface area (Å²) in [4.78, 5) is 4.73. The van der Waals surface area contributed by atoms with Crippen molar-refractivity contribution in [2.24, 2.45) is 4.99 Å². The molecule has 0 unspecified atom stereocenters. The predicted octanol–water partition coefficient (Wildman–Crippen LogP) is 3.04. The Labute approximate surface area is 147 Å². The van der Waals surface area contributed by atoms with Crippen LogP contribution in [0.15, 0.2) is 47.5 Å². The highest BCUT2D eigenvalue weighted by Gasteiger charge is 2.24. The Morgan fingerprint density at radius 1 is 1.20 bits per heavy atom. The highest BCUT2D eigenvalue weighted by molar-refractivity contribution is 7.92. The van der Waals surface area contributed by atoms with Gasteiger partial charge in [-0.3, -0.25) is 4.72 Å². The summed E-state index contributed by atoms with van der Waals surface area (Å²) in [5.74, 6) is 0. The summed E-state index contributed by atoms with van der Waals surface area (Å²) in [6.45, 7) is 0.356. The Morgan fingerprint density at radius 2 is 2.04 bits per heavy atom. The maximum Gasteiger partial charge on any atom is 0.290 e. The molecule has 1 aliphatic heterocycles. The zero-order chi connectivity index (χ0) is 17.4. The van der Waals surface area contributed by atoms with Gasteiger partial charge in [0, 0.05) is 16.9 Å². The largest absolute Gasteiger partial charge is 0.460 e. The minimum atomic E-state index is -3.29. The molecule has 0 radical (unpaired) electrons. The monoisotopic (exact) mass is 357 g/mol. The molecule has 2 aliphatic rings. The van der Waals surface area contributed by atoms with Crippen molar-refractivity contribution in [3.05, 3.63) is 59.2 Å². The molecule has 0 aromatic heterocycles. The van der Waals surface area contributed by atoms with Crippen LogP contribution in [0.5, 0.6) is 0 Å². The van der Waals surface area contributed by atoms with E-state index in [4.69, 9.17) is 9.73 Å². The molecule has 2 aromatic rings. The van der Waals surface area contributed by atoms with Crippen molar-refractivity contribution < 1.29 is 13.2 Å². The van der Waals surface area contributed by atoms with Crippen molar-refractivity contribution in [2.45, 2.75) is 25.5 Å². The van der Waals surface area contributed by atoms with Gasteiger partial charge in [-0.1, -0.05) is 24.3 Å². The van der Waals surface area contributed by atoms with Crippen LogP contribution < -0.4 is 10.0 Å². The third-order valence-corrected chi connectivity index (χ3v) is 5.00. The summed E-state index contributed by atoms with van der Waals surface area (Å²) in [6, 6.07) is 14.3. The maximum absolute atomic E-state index is 11.3. The first-order valence-corrected chi connectivity index (χ1v) is 10.0. The van der Waals surface area contributed by atoms with Crippen LogP contribution in [0.4, 0.5) is 11.4 Å². The fraction of sp³-hybridized carbons (Fsp3) is 0.278. The van der Waals surface area contributed by atoms with Crippen LogP contribution >= 0.6 is 0 Å². The van der Waals surface area contributed by atoms with Crippen molar-refractivity contribution >= 4 is 27.4 Å². The lowest BCUT2D eigenvalue weighted by Crippen LogP contribution is -2.23. The van der Waals surface area contributed by atoms with Crippen LogP contribution in [0, 0.1) is 0 Å². The van der Waals surface area contributed by atoms with Gasteiger partial charge in [0.2, 0.25) is 10.0 Å². The molecule has 0 saturated carbocycles. The minimum Gasteiger partial charge on any atom is -0.460 e. The standard InChI is InChI=1S/C18H19N3O3S/c1-25(22,23)21-14-7-9-16-13(10-14)11-24-18(19-16)20-17-8-6-12-4-2-3-5-15(12)17/h2-5,7,9-10,17,21H,6,8,11H2,1H3,(H,19,20)/t17-/m1/s1. The fourth-order valence-corrected chi connectivity index (χ4v) is 3.85. The second kappa shape index (κ2) is 6.07. The smallest absolute Gasteiger partial charge is 0.290 e. The van der Waals surface area contributed by atoms with Crippen LogP contribution in [0.25, 0.3) is 0 Å². The number of sulfonamides is 1. The number of fused-ring (bicyclic) bond motifs is 2. The first kappa shape index (κ1) is 16.0. The average Bonchev–Trinajstić information content (AvgIpc) is 2.97. The van der Waals surface area contributed by atoms with E-state index in [0.717, 1.165) is 30.3 Å². The summed E-state index contributed by atoms with van der Waals surface area (Å²) < 4.78 is 30.9. The summed E-state index contributed by atoms with van der Waals surface area (Å²) in [6.07, 6.45) is 3.15. The lowest BCUT2D eigenvalue weighted by molar-refractivity contribution is 0.282. The molecule has 0 fully saturated rings. The number of aliphatic imine (C=N–C) groups is 1. The third kappa shape index (κ3) is 3.46. The molecule has 1 heterocycles. The number of aryl methyl sites for hydroxylation is 1. The number of rotatable bonds is 3. The molecule has 4 rings (SSSR count). The number of ether oxygens (including phenoxy) is 1. The SMILES string of the molecule is CS(=O)(=O)Nc1ccc2c(c1)COC(=N[C@@H]1CCc3ccccc31)N2. The fourth-order valence-electron chi connectivity index (χ4n) is 3.29.